The molecule has 0 aromatic heterocycles. The molecule has 3 heteroatoms. The summed E-state index contributed by atoms with van der Waals surface area (Å²) in [6.07, 6.45) is 2.42. The fourth-order valence-electron chi connectivity index (χ4n) is 1.54. The second-order valence-electron chi connectivity index (χ2n) is 3.11. The first-order chi connectivity index (χ1) is 6.21. The fraction of sp³-hybridized carbons (Fsp3) is 0.900. The lowest BCUT2D eigenvalue weighted by molar-refractivity contribution is -0.133. The molecule has 0 aromatic rings. The predicted octanol–water partition coefficient (Wildman–Crippen LogP) is 1.70. The van der Waals surface area contributed by atoms with Crippen molar-refractivity contribution < 1.29 is 9.53 Å². The molecule has 0 atom stereocenters. The molecule has 3 nitrogen and oxygen atoms in total. The molecule has 1 amide bonds. The van der Waals surface area contributed by atoms with Crippen molar-refractivity contribution in [2.75, 3.05) is 13.2 Å². The lowest BCUT2D eigenvalue weighted by Crippen LogP contribution is -2.41. The summed E-state index contributed by atoms with van der Waals surface area (Å²) in [5.74, 6) is -0.164. The highest BCUT2D eigenvalue weighted by Crippen LogP contribution is 2.33. The zero-order valence-corrected chi connectivity index (χ0v) is 8.93. The van der Waals surface area contributed by atoms with Crippen molar-refractivity contribution in [1.29, 1.82) is 0 Å². The molecule has 0 radical (unpaired) electrons. The minimum Gasteiger partial charge on any atom is -0.381 e. The van der Waals surface area contributed by atoms with Gasteiger partial charge in [-0.2, -0.15) is 0 Å². The van der Waals surface area contributed by atoms with Crippen LogP contribution < -0.4 is 5.73 Å². The van der Waals surface area contributed by atoms with Crippen LogP contribution in [0, 0.1) is 5.41 Å². The molecule has 78 valence electrons. The summed E-state index contributed by atoms with van der Waals surface area (Å²) in [5.41, 5.74) is 5.05. The van der Waals surface area contributed by atoms with Crippen molar-refractivity contribution in [3.8, 4) is 0 Å². The minimum absolute atomic E-state index is 0.164. The van der Waals surface area contributed by atoms with E-state index >= 15 is 0 Å². The summed E-state index contributed by atoms with van der Waals surface area (Å²) in [4.78, 5) is 11.1. The van der Waals surface area contributed by atoms with E-state index in [0.29, 0.717) is 13.2 Å². The third-order valence-corrected chi connectivity index (χ3v) is 2.65. The van der Waals surface area contributed by atoms with Gasteiger partial charge in [0.1, 0.15) is 0 Å². The summed E-state index contributed by atoms with van der Waals surface area (Å²) >= 11 is 0. The van der Waals surface area contributed by atoms with Crippen LogP contribution in [0.5, 0.6) is 0 Å². The maximum atomic E-state index is 11.1. The third-order valence-electron chi connectivity index (χ3n) is 2.65. The molecule has 0 aromatic carbocycles. The number of carbonyl (C=O) groups is 1. The summed E-state index contributed by atoms with van der Waals surface area (Å²) < 4.78 is 5.17. The zero-order valence-electron chi connectivity index (χ0n) is 8.93. The van der Waals surface area contributed by atoms with Gasteiger partial charge in [0, 0.05) is 13.2 Å². The van der Waals surface area contributed by atoms with E-state index in [1.54, 1.807) is 0 Å². The van der Waals surface area contributed by atoms with Crippen molar-refractivity contribution in [3.63, 3.8) is 0 Å². The second kappa shape index (κ2) is 5.97. The summed E-state index contributed by atoms with van der Waals surface area (Å²) in [7, 11) is 0. The van der Waals surface area contributed by atoms with E-state index in [1.807, 2.05) is 20.8 Å². The largest absolute Gasteiger partial charge is 0.381 e. The maximum absolute atomic E-state index is 11.1. The first-order valence-corrected chi connectivity index (χ1v) is 5.09. The second-order valence-corrected chi connectivity index (χ2v) is 3.11. The standard InChI is InChI=1S/C8H15NO2.C2H6/c1-2-8(7(9)10)3-5-11-6-4-8;1-2/h2-6H2,1H3,(H2,9,10);1-2H3. The molecule has 0 unspecified atom stereocenters. The zero-order chi connectivity index (χ0) is 10.3. The van der Waals surface area contributed by atoms with Gasteiger partial charge in [0.15, 0.2) is 0 Å². The van der Waals surface area contributed by atoms with Gasteiger partial charge in [-0.1, -0.05) is 20.8 Å². The molecule has 1 rings (SSSR count). The molecule has 1 aliphatic heterocycles. The van der Waals surface area contributed by atoms with Crippen LogP contribution in [0.4, 0.5) is 0 Å². The summed E-state index contributed by atoms with van der Waals surface area (Å²) in [6, 6.07) is 0. The number of nitrogens with two attached hydrogens (primary N) is 1. The molecule has 1 saturated heterocycles. The number of hydrogen-bond acceptors (Lipinski definition) is 2. The Labute approximate surface area is 80.6 Å². The van der Waals surface area contributed by atoms with Crippen LogP contribution in [-0.2, 0) is 9.53 Å². The molecule has 13 heavy (non-hydrogen) atoms. The number of amides is 1. The highest BCUT2D eigenvalue weighted by atomic mass is 16.5. The SMILES string of the molecule is CC.CCC1(C(N)=O)CCOCC1. The van der Waals surface area contributed by atoms with Gasteiger partial charge in [-0.3, -0.25) is 4.79 Å². The van der Waals surface area contributed by atoms with E-state index in [0.717, 1.165) is 19.3 Å². The fourth-order valence-corrected chi connectivity index (χ4v) is 1.54. The van der Waals surface area contributed by atoms with Gasteiger partial charge in [-0.25, -0.2) is 0 Å². The van der Waals surface area contributed by atoms with E-state index in [-0.39, 0.29) is 11.3 Å². The van der Waals surface area contributed by atoms with Crippen LogP contribution in [0.1, 0.15) is 40.0 Å². The van der Waals surface area contributed by atoms with Crippen molar-refractivity contribution in [2.24, 2.45) is 11.1 Å². The van der Waals surface area contributed by atoms with E-state index in [1.165, 1.54) is 0 Å². The molecule has 0 bridgehead atoms. The topological polar surface area (TPSA) is 52.3 Å². The quantitative estimate of drug-likeness (QED) is 0.715. The molecule has 0 aliphatic carbocycles. The number of primary amides is 1. The van der Waals surface area contributed by atoms with E-state index in [9.17, 15) is 4.79 Å². The lowest BCUT2D eigenvalue weighted by Gasteiger charge is -2.32. The van der Waals surface area contributed by atoms with Crippen LogP contribution in [-0.4, -0.2) is 19.1 Å². The minimum atomic E-state index is -0.266. The van der Waals surface area contributed by atoms with Crippen LogP contribution in [0.3, 0.4) is 0 Å². The molecular weight excluding hydrogens is 166 g/mol. The molecule has 1 fully saturated rings. The lowest BCUT2D eigenvalue weighted by atomic mass is 9.77. The Morgan fingerprint density at radius 3 is 2.08 bits per heavy atom. The van der Waals surface area contributed by atoms with Gasteiger partial charge in [-0.05, 0) is 19.3 Å². The third kappa shape index (κ3) is 2.99. The van der Waals surface area contributed by atoms with Crippen LogP contribution in [0.15, 0.2) is 0 Å². The summed E-state index contributed by atoms with van der Waals surface area (Å²) in [6.45, 7) is 7.36. The van der Waals surface area contributed by atoms with E-state index in [2.05, 4.69) is 0 Å². The Kier molecular flexibility index (Phi) is 5.71. The molecule has 2 N–H and O–H groups in total. The van der Waals surface area contributed by atoms with Crippen molar-refractivity contribution in [2.45, 2.75) is 40.0 Å². The molecular formula is C10H21NO2. The van der Waals surface area contributed by atoms with E-state index < -0.39 is 0 Å². The van der Waals surface area contributed by atoms with Gasteiger partial charge < -0.3 is 10.5 Å². The molecule has 1 aliphatic rings. The highest BCUT2D eigenvalue weighted by molar-refractivity contribution is 5.80. The summed E-state index contributed by atoms with van der Waals surface area (Å²) in [5, 5.41) is 0. The van der Waals surface area contributed by atoms with Gasteiger partial charge in [0.25, 0.3) is 0 Å². The van der Waals surface area contributed by atoms with Crippen molar-refractivity contribution in [1.82, 2.24) is 0 Å². The van der Waals surface area contributed by atoms with Gasteiger partial charge >= 0.3 is 0 Å². The highest BCUT2D eigenvalue weighted by Gasteiger charge is 2.36. The molecule has 0 saturated carbocycles. The monoisotopic (exact) mass is 187 g/mol. The molecule has 1 heterocycles. The number of hydrogen-bond donors (Lipinski definition) is 1. The normalized spacial score (nSPS) is 19.9. The van der Waals surface area contributed by atoms with Gasteiger partial charge in [0.05, 0.1) is 5.41 Å². The first-order valence-electron chi connectivity index (χ1n) is 5.09. The Hall–Kier alpha value is -0.570. The smallest absolute Gasteiger partial charge is 0.223 e. The first kappa shape index (κ1) is 12.4. The average molecular weight is 187 g/mol. The van der Waals surface area contributed by atoms with E-state index in [4.69, 9.17) is 10.5 Å². The Bertz CT molecular complexity index is 151. The Morgan fingerprint density at radius 2 is 1.85 bits per heavy atom. The van der Waals surface area contributed by atoms with Crippen LogP contribution >= 0.6 is 0 Å². The Morgan fingerprint density at radius 1 is 1.38 bits per heavy atom. The number of rotatable bonds is 2. The Balaban J connectivity index is 0.000000671. The van der Waals surface area contributed by atoms with Crippen molar-refractivity contribution >= 4 is 5.91 Å². The van der Waals surface area contributed by atoms with Gasteiger partial charge in [-0.15, -0.1) is 0 Å². The maximum Gasteiger partial charge on any atom is 0.223 e. The molecule has 0 spiro atoms. The predicted molar refractivity (Wildman–Crippen MR) is 53.3 cm³/mol. The average Bonchev–Trinajstić information content (AvgIpc) is 2.21. The van der Waals surface area contributed by atoms with Crippen LogP contribution in [0.25, 0.3) is 0 Å². The number of carbonyl (C=O) groups excluding carboxylic acids is 1. The van der Waals surface area contributed by atoms with Crippen LogP contribution in [0.2, 0.25) is 0 Å². The van der Waals surface area contributed by atoms with Gasteiger partial charge in [0.2, 0.25) is 5.91 Å². The van der Waals surface area contributed by atoms with Crippen molar-refractivity contribution in [3.05, 3.63) is 0 Å². The number of ether oxygens (including phenoxy) is 1.